The summed E-state index contributed by atoms with van der Waals surface area (Å²) in [6.07, 6.45) is 0. The highest BCUT2D eigenvalue weighted by atomic mass is 19.1. The lowest BCUT2D eigenvalue weighted by Gasteiger charge is -2.09. The molecule has 0 atom stereocenters. The monoisotopic (exact) mass is 221 g/mol. The minimum absolute atomic E-state index is 0.248. The summed E-state index contributed by atoms with van der Waals surface area (Å²) in [5.41, 5.74) is 0.819. The molecule has 0 saturated carbocycles. The minimum Gasteiger partial charge on any atom is -0.481 e. The van der Waals surface area contributed by atoms with E-state index in [0.717, 1.165) is 12.1 Å². The van der Waals surface area contributed by atoms with Crippen molar-refractivity contribution < 1.29 is 9.13 Å². The predicted molar refractivity (Wildman–Crippen MR) is 62.7 cm³/mol. The summed E-state index contributed by atoms with van der Waals surface area (Å²) < 4.78 is 18.5. The summed E-state index contributed by atoms with van der Waals surface area (Å²) in [6, 6.07) is 4.51. The van der Waals surface area contributed by atoms with Crippen molar-refractivity contribution in [3.63, 3.8) is 0 Å². The molecule has 0 amide bonds. The van der Waals surface area contributed by atoms with E-state index in [0.29, 0.717) is 18.9 Å². The Morgan fingerprint density at radius 3 is 2.94 bits per heavy atom. The van der Waals surface area contributed by atoms with Gasteiger partial charge in [0.2, 0.25) is 0 Å². The standard InChI is InChI=1S/C13H16FNO/c1-3-5-8-16-13-7-6-12(14)9-11(13)10-15-4-2/h6-7,9,15H,4,8,10H2,1-2H3. The first kappa shape index (κ1) is 12.5. The van der Waals surface area contributed by atoms with Crippen molar-refractivity contribution in [1.82, 2.24) is 5.32 Å². The van der Waals surface area contributed by atoms with Crippen molar-refractivity contribution in [1.29, 1.82) is 0 Å². The van der Waals surface area contributed by atoms with Crippen molar-refractivity contribution in [2.75, 3.05) is 13.2 Å². The van der Waals surface area contributed by atoms with Crippen molar-refractivity contribution in [3.8, 4) is 17.6 Å². The van der Waals surface area contributed by atoms with E-state index in [9.17, 15) is 4.39 Å². The van der Waals surface area contributed by atoms with E-state index in [1.165, 1.54) is 12.1 Å². The van der Waals surface area contributed by atoms with E-state index < -0.39 is 0 Å². The topological polar surface area (TPSA) is 21.3 Å². The Morgan fingerprint density at radius 2 is 2.25 bits per heavy atom. The van der Waals surface area contributed by atoms with E-state index in [1.54, 1.807) is 13.0 Å². The third-order valence-corrected chi connectivity index (χ3v) is 2.06. The second-order valence-electron chi connectivity index (χ2n) is 3.25. The Balaban J connectivity index is 2.74. The van der Waals surface area contributed by atoms with E-state index in [-0.39, 0.29) is 5.82 Å². The molecule has 2 nitrogen and oxygen atoms in total. The molecule has 86 valence electrons. The molecule has 0 unspecified atom stereocenters. The van der Waals surface area contributed by atoms with Crippen LogP contribution in [0.2, 0.25) is 0 Å². The molecule has 16 heavy (non-hydrogen) atoms. The lowest BCUT2D eigenvalue weighted by Crippen LogP contribution is -2.13. The van der Waals surface area contributed by atoms with Crippen molar-refractivity contribution in [2.45, 2.75) is 20.4 Å². The van der Waals surface area contributed by atoms with Gasteiger partial charge in [-0.2, -0.15) is 0 Å². The Kier molecular flexibility index (Phi) is 5.38. The van der Waals surface area contributed by atoms with Gasteiger partial charge < -0.3 is 10.1 Å². The molecule has 0 saturated heterocycles. The fourth-order valence-electron chi connectivity index (χ4n) is 1.27. The van der Waals surface area contributed by atoms with E-state index in [4.69, 9.17) is 4.74 Å². The molecule has 0 aliphatic rings. The zero-order chi connectivity index (χ0) is 11.8. The number of hydrogen-bond acceptors (Lipinski definition) is 2. The first-order valence-electron chi connectivity index (χ1n) is 5.29. The number of hydrogen-bond donors (Lipinski definition) is 1. The van der Waals surface area contributed by atoms with Gasteiger partial charge in [0.25, 0.3) is 0 Å². The molecule has 3 heteroatoms. The first-order chi connectivity index (χ1) is 7.77. The summed E-state index contributed by atoms with van der Waals surface area (Å²) in [5.74, 6) is 5.99. The molecule has 1 aromatic carbocycles. The van der Waals surface area contributed by atoms with Gasteiger partial charge in [-0.3, -0.25) is 0 Å². The maximum absolute atomic E-state index is 13.1. The third kappa shape index (κ3) is 3.92. The van der Waals surface area contributed by atoms with Gasteiger partial charge in [-0.1, -0.05) is 12.8 Å². The molecule has 0 aromatic heterocycles. The Labute approximate surface area is 95.8 Å². The number of halogens is 1. The second kappa shape index (κ2) is 6.86. The van der Waals surface area contributed by atoms with Crippen LogP contribution in [0.5, 0.6) is 5.75 Å². The van der Waals surface area contributed by atoms with Crippen LogP contribution >= 0.6 is 0 Å². The normalized spacial score (nSPS) is 9.44. The molecule has 0 aliphatic carbocycles. The van der Waals surface area contributed by atoms with Crippen LogP contribution in [0.25, 0.3) is 0 Å². The van der Waals surface area contributed by atoms with Crippen molar-refractivity contribution in [2.24, 2.45) is 0 Å². The summed E-state index contributed by atoms with van der Waals surface area (Å²) in [4.78, 5) is 0. The van der Waals surface area contributed by atoms with Gasteiger partial charge in [0.15, 0.2) is 0 Å². The average molecular weight is 221 g/mol. The molecule has 0 bridgehead atoms. The maximum atomic E-state index is 13.1. The summed E-state index contributed by atoms with van der Waals surface area (Å²) in [7, 11) is 0. The van der Waals surface area contributed by atoms with E-state index in [1.807, 2.05) is 6.92 Å². The second-order valence-corrected chi connectivity index (χ2v) is 3.25. The maximum Gasteiger partial charge on any atom is 0.149 e. The fraction of sp³-hybridized carbons (Fsp3) is 0.385. The molecule has 1 aromatic rings. The summed E-state index contributed by atoms with van der Waals surface area (Å²) in [6.45, 7) is 5.53. The Bertz CT molecular complexity index is 393. The fourth-order valence-corrected chi connectivity index (χ4v) is 1.27. The minimum atomic E-state index is -0.248. The lowest BCUT2D eigenvalue weighted by atomic mass is 10.2. The molecule has 0 heterocycles. The molecule has 1 rings (SSSR count). The third-order valence-electron chi connectivity index (χ3n) is 2.06. The average Bonchev–Trinajstić information content (AvgIpc) is 2.29. The van der Waals surface area contributed by atoms with Gasteiger partial charge in [-0.05, 0) is 31.7 Å². The van der Waals surface area contributed by atoms with E-state index in [2.05, 4.69) is 17.2 Å². The zero-order valence-corrected chi connectivity index (χ0v) is 9.64. The zero-order valence-electron chi connectivity index (χ0n) is 9.64. The number of nitrogens with one attached hydrogen (secondary N) is 1. The highest BCUT2D eigenvalue weighted by Crippen LogP contribution is 2.19. The highest BCUT2D eigenvalue weighted by Gasteiger charge is 2.04. The summed E-state index contributed by atoms with van der Waals surface area (Å²) >= 11 is 0. The number of benzene rings is 1. The van der Waals surface area contributed by atoms with Crippen LogP contribution in [0.3, 0.4) is 0 Å². The SMILES string of the molecule is CC#CCOc1ccc(F)cc1CNCC. The van der Waals surface area contributed by atoms with E-state index >= 15 is 0 Å². The largest absolute Gasteiger partial charge is 0.481 e. The van der Waals surface area contributed by atoms with Crippen LogP contribution in [0, 0.1) is 17.7 Å². The Morgan fingerprint density at radius 1 is 1.44 bits per heavy atom. The molecule has 0 radical (unpaired) electrons. The van der Waals surface area contributed by atoms with Crippen LogP contribution in [-0.4, -0.2) is 13.2 Å². The predicted octanol–water partition coefficient (Wildman–Crippen LogP) is 2.34. The number of ether oxygens (including phenoxy) is 1. The Hall–Kier alpha value is -1.53. The van der Waals surface area contributed by atoms with Crippen LogP contribution < -0.4 is 10.1 Å². The number of rotatable bonds is 5. The molecule has 0 aliphatic heterocycles. The summed E-state index contributed by atoms with van der Waals surface area (Å²) in [5, 5.41) is 3.14. The van der Waals surface area contributed by atoms with Crippen LogP contribution in [0.4, 0.5) is 4.39 Å². The highest BCUT2D eigenvalue weighted by molar-refractivity contribution is 5.34. The van der Waals surface area contributed by atoms with Gasteiger partial charge >= 0.3 is 0 Å². The van der Waals surface area contributed by atoms with Crippen molar-refractivity contribution in [3.05, 3.63) is 29.6 Å². The van der Waals surface area contributed by atoms with Crippen LogP contribution in [0.1, 0.15) is 19.4 Å². The smallest absolute Gasteiger partial charge is 0.149 e. The molecule has 0 fully saturated rings. The van der Waals surface area contributed by atoms with Crippen molar-refractivity contribution >= 4 is 0 Å². The molecular weight excluding hydrogens is 205 g/mol. The van der Waals surface area contributed by atoms with Crippen LogP contribution in [-0.2, 0) is 6.54 Å². The lowest BCUT2D eigenvalue weighted by molar-refractivity contribution is 0.364. The van der Waals surface area contributed by atoms with Gasteiger partial charge in [-0.25, -0.2) is 4.39 Å². The van der Waals surface area contributed by atoms with Gasteiger partial charge in [0.1, 0.15) is 18.2 Å². The molecule has 1 N–H and O–H groups in total. The van der Waals surface area contributed by atoms with Gasteiger partial charge in [-0.15, -0.1) is 5.92 Å². The van der Waals surface area contributed by atoms with Gasteiger partial charge in [0, 0.05) is 12.1 Å². The quantitative estimate of drug-likeness (QED) is 0.770. The van der Waals surface area contributed by atoms with Crippen LogP contribution in [0.15, 0.2) is 18.2 Å². The molecular formula is C13H16FNO. The molecule has 0 spiro atoms. The van der Waals surface area contributed by atoms with Gasteiger partial charge in [0.05, 0.1) is 0 Å². The first-order valence-corrected chi connectivity index (χ1v) is 5.29.